The van der Waals surface area contributed by atoms with Crippen molar-refractivity contribution in [2.24, 2.45) is 0 Å². The molecule has 1 aliphatic carbocycles. The monoisotopic (exact) mass is 323 g/mol. The van der Waals surface area contributed by atoms with E-state index < -0.39 is 5.97 Å². The predicted molar refractivity (Wildman–Crippen MR) is 85.7 cm³/mol. The molecule has 0 atom stereocenters. The predicted octanol–water partition coefficient (Wildman–Crippen LogP) is 3.57. The van der Waals surface area contributed by atoms with Gasteiger partial charge in [0.2, 0.25) is 5.91 Å². The van der Waals surface area contributed by atoms with E-state index in [1.54, 1.807) is 6.92 Å². The Morgan fingerprint density at radius 2 is 2.05 bits per heavy atom. The van der Waals surface area contributed by atoms with Gasteiger partial charge in [-0.1, -0.05) is 13.3 Å². The van der Waals surface area contributed by atoms with Crippen molar-refractivity contribution in [1.29, 1.82) is 0 Å². The highest BCUT2D eigenvalue weighted by Gasteiger charge is 2.30. The second-order valence-electron chi connectivity index (χ2n) is 5.26. The molecule has 0 fully saturated rings. The van der Waals surface area contributed by atoms with Gasteiger partial charge in [-0.25, -0.2) is 4.79 Å². The summed E-state index contributed by atoms with van der Waals surface area (Å²) in [5.41, 5.74) is 1.12. The molecule has 0 aromatic carbocycles. The fourth-order valence-corrected chi connectivity index (χ4v) is 3.72. The Hall–Kier alpha value is -1.69. The van der Waals surface area contributed by atoms with E-state index in [1.165, 1.54) is 11.3 Å². The molecule has 0 saturated heterocycles. The minimum atomic E-state index is -0.458. The average Bonchev–Trinajstić information content (AvgIpc) is 2.85. The van der Waals surface area contributed by atoms with E-state index in [0.29, 0.717) is 34.7 Å². The van der Waals surface area contributed by atoms with Crippen LogP contribution < -0.4 is 5.32 Å². The first-order valence-corrected chi connectivity index (χ1v) is 8.55. The van der Waals surface area contributed by atoms with Gasteiger partial charge in [0.05, 0.1) is 17.0 Å². The number of fused-ring (bicyclic) bond motifs is 1. The first kappa shape index (κ1) is 16.7. The summed E-state index contributed by atoms with van der Waals surface area (Å²) in [6, 6.07) is 0. The van der Waals surface area contributed by atoms with Gasteiger partial charge in [-0.2, -0.15) is 0 Å². The molecule has 0 radical (unpaired) electrons. The van der Waals surface area contributed by atoms with Crippen LogP contribution in [0, 0.1) is 0 Å². The highest BCUT2D eigenvalue weighted by Crippen LogP contribution is 2.38. The van der Waals surface area contributed by atoms with Crippen molar-refractivity contribution in [2.45, 2.75) is 52.4 Å². The number of amides is 1. The number of ketones is 1. The lowest BCUT2D eigenvalue weighted by molar-refractivity contribution is -0.116. The fraction of sp³-hybridized carbons (Fsp3) is 0.562. The van der Waals surface area contributed by atoms with Gasteiger partial charge in [0.25, 0.3) is 0 Å². The van der Waals surface area contributed by atoms with Gasteiger partial charge in [0.1, 0.15) is 5.00 Å². The van der Waals surface area contributed by atoms with E-state index in [1.807, 2.05) is 6.92 Å². The summed E-state index contributed by atoms with van der Waals surface area (Å²) < 4.78 is 5.10. The summed E-state index contributed by atoms with van der Waals surface area (Å²) in [5, 5.41) is 3.25. The Labute approximate surface area is 134 Å². The Balaban J connectivity index is 2.33. The van der Waals surface area contributed by atoms with Crippen LogP contribution in [0.4, 0.5) is 5.00 Å². The number of carbonyl (C=O) groups excluding carboxylic acids is 3. The van der Waals surface area contributed by atoms with Crippen LogP contribution >= 0.6 is 11.3 Å². The van der Waals surface area contributed by atoms with Crippen LogP contribution in [0.3, 0.4) is 0 Å². The molecule has 120 valence electrons. The lowest BCUT2D eigenvalue weighted by Gasteiger charge is -2.11. The lowest BCUT2D eigenvalue weighted by Crippen LogP contribution is -2.16. The topological polar surface area (TPSA) is 72.5 Å². The largest absolute Gasteiger partial charge is 0.462 e. The number of esters is 1. The molecule has 6 heteroatoms. The van der Waals surface area contributed by atoms with Crippen molar-refractivity contribution in [3.8, 4) is 0 Å². The number of anilines is 1. The normalized spacial score (nSPS) is 13.6. The van der Waals surface area contributed by atoms with E-state index in [9.17, 15) is 14.4 Å². The van der Waals surface area contributed by atoms with Crippen molar-refractivity contribution in [1.82, 2.24) is 0 Å². The number of hydrogen-bond acceptors (Lipinski definition) is 5. The maximum Gasteiger partial charge on any atom is 0.341 e. The van der Waals surface area contributed by atoms with Gasteiger partial charge in [-0.15, -0.1) is 11.3 Å². The molecule has 1 aromatic heterocycles. The van der Waals surface area contributed by atoms with E-state index >= 15 is 0 Å². The fourth-order valence-electron chi connectivity index (χ4n) is 2.50. The molecule has 0 bridgehead atoms. The molecule has 2 rings (SSSR count). The van der Waals surface area contributed by atoms with Gasteiger partial charge < -0.3 is 10.1 Å². The highest BCUT2D eigenvalue weighted by molar-refractivity contribution is 7.18. The number of unbranched alkanes of at least 4 members (excludes halogenated alkanes) is 1. The smallest absolute Gasteiger partial charge is 0.341 e. The summed E-state index contributed by atoms with van der Waals surface area (Å²) in [4.78, 5) is 36.8. The summed E-state index contributed by atoms with van der Waals surface area (Å²) in [7, 11) is 0. The number of ether oxygens (including phenoxy) is 1. The third kappa shape index (κ3) is 3.55. The zero-order valence-corrected chi connectivity index (χ0v) is 13.8. The van der Waals surface area contributed by atoms with Gasteiger partial charge in [0.15, 0.2) is 5.78 Å². The quantitative estimate of drug-likeness (QED) is 0.812. The minimum Gasteiger partial charge on any atom is -0.462 e. The Kier molecular flexibility index (Phi) is 5.71. The van der Waals surface area contributed by atoms with E-state index in [4.69, 9.17) is 4.74 Å². The van der Waals surface area contributed by atoms with Gasteiger partial charge in [0, 0.05) is 12.8 Å². The maximum absolute atomic E-state index is 12.2. The molecule has 1 amide bonds. The molecule has 22 heavy (non-hydrogen) atoms. The van der Waals surface area contributed by atoms with Crippen molar-refractivity contribution < 1.29 is 19.1 Å². The number of carbonyl (C=O) groups is 3. The van der Waals surface area contributed by atoms with Crippen LogP contribution in [0.2, 0.25) is 0 Å². The Morgan fingerprint density at radius 1 is 1.27 bits per heavy atom. The highest BCUT2D eigenvalue weighted by atomic mass is 32.1. The van der Waals surface area contributed by atoms with Crippen molar-refractivity contribution >= 4 is 34.0 Å². The molecule has 0 unspecified atom stereocenters. The SMILES string of the molecule is CCCCC(=O)Nc1sc2c(c1C(=O)OCC)CCCC2=O. The number of thiophene rings is 1. The number of Topliss-reactive ketones (excluding diaryl/α,β-unsaturated/α-hetero) is 1. The zero-order chi connectivity index (χ0) is 16.1. The first-order chi connectivity index (χ1) is 10.6. The van der Waals surface area contributed by atoms with Gasteiger partial charge in [-0.3, -0.25) is 9.59 Å². The third-order valence-corrected chi connectivity index (χ3v) is 4.77. The molecular weight excluding hydrogens is 302 g/mol. The lowest BCUT2D eigenvalue weighted by atomic mass is 9.94. The van der Waals surface area contributed by atoms with Crippen molar-refractivity contribution in [3.05, 3.63) is 16.0 Å². The molecule has 1 aromatic rings. The standard InChI is InChI=1S/C16H21NO4S/c1-3-5-9-12(19)17-15-13(16(20)21-4-2)10-7-6-8-11(18)14(10)22-15/h3-9H2,1-2H3,(H,17,19). The number of rotatable bonds is 6. The first-order valence-electron chi connectivity index (χ1n) is 7.74. The summed E-state index contributed by atoms with van der Waals surface area (Å²) in [6.45, 7) is 4.02. The van der Waals surface area contributed by atoms with Crippen LogP contribution in [-0.4, -0.2) is 24.3 Å². The number of nitrogens with one attached hydrogen (secondary N) is 1. The van der Waals surface area contributed by atoms with Crippen LogP contribution in [0.1, 0.15) is 71.5 Å². The molecule has 0 saturated carbocycles. The van der Waals surface area contributed by atoms with Crippen LogP contribution in [0.15, 0.2) is 0 Å². The Morgan fingerprint density at radius 3 is 2.73 bits per heavy atom. The zero-order valence-electron chi connectivity index (χ0n) is 13.0. The van der Waals surface area contributed by atoms with E-state index in [-0.39, 0.29) is 18.3 Å². The number of hydrogen-bond donors (Lipinski definition) is 1. The average molecular weight is 323 g/mol. The molecule has 5 nitrogen and oxygen atoms in total. The second kappa shape index (κ2) is 7.54. The van der Waals surface area contributed by atoms with Gasteiger partial charge in [-0.05, 0) is 31.7 Å². The molecule has 0 spiro atoms. The molecule has 1 heterocycles. The third-order valence-electron chi connectivity index (χ3n) is 3.58. The molecule has 1 N–H and O–H groups in total. The van der Waals surface area contributed by atoms with Gasteiger partial charge >= 0.3 is 5.97 Å². The second-order valence-corrected chi connectivity index (χ2v) is 6.28. The summed E-state index contributed by atoms with van der Waals surface area (Å²) in [6.07, 6.45) is 4.05. The summed E-state index contributed by atoms with van der Waals surface area (Å²) >= 11 is 1.20. The van der Waals surface area contributed by atoms with Crippen molar-refractivity contribution in [2.75, 3.05) is 11.9 Å². The molecular formula is C16H21NO4S. The molecule has 0 aliphatic heterocycles. The maximum atomic E-state index is 12.2. The van der Waals surface area contributed by atoms with E-state index in [2.05, 4.69) is 5.32 Å². The van der Waals surface area contributed by atoms with Crippen molar-refractivity contribution in [3.63, 3.8) is 0 Å². The van der Waals surface area contributed by atoms with Crippen LogP contribution in [0.25, 0.3) is 0 Å². The summed E-state index contributed by atoms with van der Waals surface area (Å²) in [5.74, 6) is -0.537. The van der Waals surface area contributed by atoms with Crippen LogP contribution in [0.5, 0.6) is 0 Å². The van der Waals surface area contributed by atoms with Crippen LogP contribution in [-0.2, 0) is 16.0 Å². The molecule has 1 aliphatic rings. The minimum absolute atomic E-state index is 0.0471. The van der Waals surface area contributed by atoms with E-state index in [0.717, 1.165) is 24.8 Å². The Bertz CT molecular complexity index is 591.